The van der Waals surface area contributed by atoms with E-state index in [9.17, 15) is 13.2 Å². The number of sulfonamides is 1. The SMILES string of the molecule is CNC(=O)c1ccccc1N(C)S(C)(=O)=O. The summed E-state index contributed by atoms with van der Waals surface area (Å²) in [6.07, 6.45) is 1.09. The van der Waals surface area contributed by atoms with Crippen LogP contribution in [0.2, 0.25) is 0 Å². The largest absolute Gasteiger partial charge is 0.355 e. The van der Waals surface area contributed by atoms with Crippen molar-refractivity contribution in [3.05, 3.63) is 29.8 Å². The van der Waals surface area contributed by atoms with Crippen LogP contribution in [-0.4, -0.2) is 34.7 Å². The fourth-order valence-corrected chi connectivity index (χ4v) is 1.77. The van der Waals surface area contributed by atoms with E-state index in [1.807, 2.05) is 0 Å². The average molecular weight is 242 g/mol. The van der Waals surface area contributed by atoms with E-state index >= 15 is 0 Å². The molecule has 1 amide bonds. The van der Waals surface area contributed by atoms with Crippen LogP contribution < -0.4 is 9.62 Å². The lowest BCUT2D eigenvalue weighted by Gasteiger charge is -2.19. The van der Waals surface area contributed by atoms with E-state index in [0.717, 1.165) is 10.6 Å². The highest BCUT2D eigenvalue weighted by Crippen LogP contribution is 2.20. The molecule has 6 heteroatoms. The second-order valence-electron chi connectivity index (χ2n) is 3.33. The van der Waals surface area contributed by atoms with E-state index in [4.69, 9.17) is 0 Å². The molecule has 1 N–H and O–H groups in total. The topological polar surface area (TPSA) is 66.5 Å². The van der Waals surface area contributed by atoms with Gasteiger partial charge in [-0.3, -0.25) is 9.10 Å². The molecule has 16 heavy (non-hydrogen) atoms. The van der Waals surface area contributed by atoms with Gasteiger partial charge in [0.1, 0.15) is 0 Å². The zero-order valence-corrected chi connectivity index (χ0v) is 10.2. The van der Waals surface area contributed by atoms with E-state index in [0.29, 0.717) is 11.3 Å². The highest BCUT2D eigenvalue weighted by atomic mass is 32.2. The molecule has 1 aromatic rings. The molecule has 0 saturated heterocycles. The molecule has 0 aliphatic heterocycles. The highest BCUT2D eigenvalue weighted by Gasteiger charge is 2.18. The first-order chi connectivity index (χ1) is 7.38. The number of hydrogen-bond acceptors (Lipinski definition) is 3. The van der Waals surface area contributed by atoms with Gasteiger partial charge in [-0.15, -0.1) is 0 Å². The maximum Gasteiger partial charge on any atom is 0.253 e. The minimum Gasteiger partial charge on any atom is -0.355 e. The molecular formula is C10H14N2O3S. The van der Waals surface area contributed by atoms with Crippen molar-refractivity contribution in [3.63, 3.8) is 0 Å². The van der Waals surface area contributed by atoms with Crippen LogP contribution in [0.4, 0.5) is 5.69 Å². The first kappa shape index (κ1) is 12.5. The summed E-state index contributed by atoms with van der Waals surface area (Å²) in [5, 5.41) is 2.47. The van der Waals surface area contributed by atoms with Crippen LogP contribution in [0.25, 0.3) is 0 Å². The van der Waals surface area contributed by atoms with Crippen molar-refractivity contribution in [3.8, 4) is 0 Å². The monoisotopic (exact) mass is 242 g/mol. The smallest absolute Gasteiger partial charge is 0.253 e. The maximum atomic E-state index is 11.5. The predicted molar refractivity (Wildman–Crippen MR) is 63.1 cm³/mol. The van der Waals surface area contributed by atoms with Crippen molar-refractivity contribution in [1.82, 2.24) is 5.32 Å². The van der Waals surface area contributed by atoms with Gasteiger partial charge in [0.25, 0.3) is 5.91 Å². The molecule has 0 aliphatic carbocycles. The third-order valence-electron chi connectivity index (χ3n) is 2.21. The second-order valence-corrected chi connectivity index (χ2v) is 5.34. The summed E-state index contributed by atoms with van der Waals surface area (Å²) in [6.45, 7) is 0. The summed E-state index contributed by atoms with van der Waals surface area (Å²) >= 11 is 0. The highest BCUT2D eigenvalue weighted by molar-refractivity contribution is 7.92. The Balaban J connectivity index is 3.29. The van der Waals surface area contributed by atoms with Crippen molar-refractivity contribution >= 4 is 21.6 Å². The molecule has 0 heterocycles. The van der Waals surface area contributed by atoms with Crippen LogP contribution in [-0.2, 0) is 10.0 Å². The van der Waals surface area contributed by atoms with E-state index < -0.39 is 10.0 Å². The Morgan fingerprint density at radius 1 is 1.31 bits per heavy atom. The summed E-state index contributed by atoms with van der Waals surface area (Å²) < 4.78 is 23.9. The molecule has 0 aliphatic rings. The van der Waals surface area contributed by atoms with Gasteiger partial charge in [-0.2, -0.15) is 0 Å². The third-order valence-corrected chi connectivity index (χ3v) is 3.40. The molecule has 1 aromatic carbocycles. The van der Waals surface area contributed by atoms with Gasteiger partial charge < -0.3 is 5.32 Å². The van der Waals surface area contributed by atoms with Gasteiger partial charge in [0.05, 0.1) is 17.5 Å². The predicted octanol–water partition coefficient (Wildman–Crippen LogP) is 0.442. The summed E-state index contributed by atoms with van der Waals surface area (Å²) in [6, 6.07) is 6.54. The lowest BCUT2D eigenvalue weighted by atomic mass is 10.1. The van der Waals surface area contributed by atoms with Crippen molar-refractivity contribution in [1.29, 1.82) is 0 Å². The molecule has 0 spiro atoms. The summed E-state index contributed by atoms with van der Waals surface area (Å²) in [5.74, 6) is -0.314. The number of hydrogen-bond donors (Lipinski definition) is 1. The molecule has 5 nitrogen and oxygen atoms in total. The molecular weight excluding hydrogens is 228 g/mol. The Hall–Kier alpha value is -1.56. The van der Waals surface area contributed by atoms with Crippen molar-refractivity contribution in [2.45, 2.75) is 0 Å². The molecule has 88 valence electrons. The van der Waals surface area contributed by atoms with Crippen LogP contribution in [0, 0.1) is 0 Å². The Morgan fingerprint density at radius 2 is 1.88 bits per heavy atom. The van der Waals surface area contributed by atoms with E-state index in [1.54, 1.807) is 24.3 Å². The Labute approximate surface area is 95.1 Å². The zero-order chi connectivity index (χ0) is 12.3. The third kappa shape index (κ3) is 2.52. The van der Waals surface area contributed by atoms with Crippen LogP contribution in [0.3, 0.4) is 0 Å². The van der Waals surface area contributed by atoms with Gasteiger partial charge in [0.2, 0.25) is 10.0 Å². The van der Waals surface area contributed by atoms with E-state index in [2.05, 4.69) is 5.32 Å². The first-order valence-electron chi connectivity index (χ1n) is 4.63. The molecule has 0 fully saturated rings. The summed E-state index contributed by atoms with van der Waals surface area (Å²) in [5.41, 5.74) is 0.697. The fraction of sp³-hybridized carbons (Fsp3) is 0.300. The van der Waals surface area contributed by atoms with Crippen LogP contribution in [0.1, 0.15) is 10.4 Å². The maximum absolute atomic E-state index is 11.5. The number of amides is 1. The normalized spacial score (nSPS) is 10.9. The standard InChI is InChI=1S/C10H14N2O3S/c1-11-10(13)8-6-4-5-7-9(8)12(2)16(3,14)15/h4-7H,1-3H3,(H,11,13). The Kier molecular flexibility index (Phi) is 3.54. The van der Waals surface area contributed by atoms with Gasteiger partial charge in [-0.25, -0.2) is 8.42 Å². The first-order valence-corrected chi connectivity index (χ1v) is 6.47. The Morgan fingerprint density at radius 3 is 2.38 bits per heavy atom. The molecule has 1 rings (SSSR count). The van der Waals surface area contributed by atoms with Gasteiger partial charge >= 0.3 is 0 Å². The van der Waals surface area contributed by atoms with E-state index in [1.165, 1.54) is 14.1 Å². The summed E-state index contributed by atoms with van der Waals surface area (Å²) in [7, 11) is -0.453. The molecule has 0 saturated carbocycles. The number of para-hydroxylation sites is 1. The van der Waals surface area contributed by atoms with Crippen molar-refractivity contribution in [2.24, 2.45) is 0 Å². The number of benzene rings is 1. The van der Waals surface area contributed by atoms with Crippen LogP contribution in [0.15, 0.2) is 24.3 Å². The van der Waals surface area contributed by atoms with Crippen molar-refractivity contribution < 1.29 is 13.2 Å². The van der Waals surface area contributed by atoms with Crippen molar-refractivity contribution in [2.75, 3.05) is 24.7 Å². The number of carbonyl (C=O) groups is 1. The van der Waals surface area contributed by atoms with Gasteiger partial charge in [-0.1, -0.05) is 12.1 Å². The molecule has 0 bridgehead atoms. The summed E-state index contributed by atoms with van der Waals surface area (Å²) in [4.78, 5) is 11.5. The Bertz CT molecular complexity index is 497. The van der Waals surface area contributed by atoms with E-state index in [-0.39, 0.29) is 5.91 Å². The average Bonchev–Trinajstić information content (AvgIpc) is 2.25. The number of rotatable bonds is 3. The minimum atomic E-state index is -3.37. The molecule has 0 radical (unpaired) electrons. The zero-order valence-electron chi connectivity index (χ0n) is 9.39. The molecule has 0 atom stereocenters. The van der Waals surface area contributed by atoms with Crippen LogP contribution in [0.5, 0.6) is 0 Å². The van der Waals surface area contributed by atoms with Gasteiger partial charge in [0, 0.05) is 14.1 Å². The molecule has 0 unspecified atom stereocenters. The number of anilines is 1. The minimum absolute atomic E-state index is 0.314. The molecule has 0 aromatic heterocycles. The van der Waals surface area contributed by atoms with Gasteiger partial charge in [0.15, 0.2) is 0 Å². The second kappa shape index (κ2) is 4.52. The lowest BCUT2D eigenvalue weighted by molar-refractivity contribution is 0.0964. The number of nitrogens with one attached hydrogen (secondary N) is 1. The number of carbonyl (C=O) groups excluding carboxylic acids is 1. The fourth-order valence-electron chi connectivity index (χ4n) is 1.25. The van der Waals surface area contributed by atoms with Crippen LogP contribution >= 0.6 is 0 Å². The number of nitrogens with zero attached hydrogens (tertiary/aromatic N) is 1. The lowest BCUT2D eigenvalue weighted by Crippen LogP contribution is -2.28. The van der Waals surface area contributed by atoms with Gasteiger partial charge in [-0.05, 0) is 12.1 Å². The quantitative estimate of drug-likeness (QED) is 0.836.